The minimum Gasteiger partial charge on any atom is -0.397 e. The third kappa shape index (κ3) is 3.07. The largest absolute Gasteiger partial charge is 0.397 e. The number of nitrogen functional groups attached to an aromatic ring is 1. The molecule has 0 saturated heterocycles. The van der Waals surface area contributed by atoms with E-state index < -0.39 is 0 Å². The molecule has 0 unspecified atom stereocenters. The number of nitrogens with two attached hydrogens (primary N) is 1. The predicted octanol–water partition coefficient (Wildman–Crippen LogP) is 1.86. The van der Waals surface area contributed by atoms with Crippen LogP contribution in [0.15, 0.2) is 31.0 Å². The molecular formula is C13H19N3. The molecule has 16 heavy (non-hydrogen) atoms. The molecule has 0 aliphatic heterocycles. The normalized spacial score (nSPS) is 15.3. The molecule has 2 rings (SSSR count). The van der Waals surface area contributed by atoms with Crippen molar-refractivity contribution in [3.05, 3.63) is 36.7 Å². The predicted molar refractivity (Wildman–Crippen MR) is 67.1 cm³/mol. The SMILES string of the molecule is C=CCN(CCc1ccc(N)cn1)C1CC1. The lowest BCUT2D eigenvalue weighted by molar-refractivity contribution is 0.295. The van der Waals surface area contributed by atoms with Crippen LogP contribution in [0, 0.1) is 0 Å². The Kier molecular flexibility index (Phi) is 3.57. The Morgan fingerprint density at radius 2 is 2.31 bits per heavy atom. The molecule has 1 aliphatic carbocycles. The van der Waals surface area contributed by atoms with Gasteiger partial charge in [0.15, 0.2) is 0 Å². The van der Waals surface area contributed by atoms with Gasteiger partial charge < -0.3 is 5.73 Å². The minimum atomic E-state index is 0.730. The van der Waals surface area contributed by atoms with Gasteiger partial charge in [0.05, 0.1) is 11.9 Å². The zero-order valence-electron chi connectivity index (χ0n) is 9.60. The molecule has 2 N–H and O–H groups in total. The van der Waals surface area contributed by atoms with Crippen LogP contribution >= 0.6 is 0 Å². The van der Waals surface area contributed by atoms with Gasteiger partial charge in [-0.05, 0) is 25.0 Å². The maximum absolute atomic E-state index is 5.60. The Bertz CT molecular complexity index is 341. The average Bonchev–Trinajstić information content (AvgIpc) is 3.10. The maximum atomic E-state index is 5.60. The van der Waals surface area contributed by atoms with Gasteiger partial charge in [0, 0.05) is 31.2 Å². The van der Waals surface area contributed by atoms with Crippen LogP contribution in [0.2, 0.25) is 0 Å². The monoisotopic (exact) mass is 217 g/mol. The molecule has 0 atom stereocenters. The van der Waals surface area contributed by atoms with Gasteiger partial charge in [-0.15, -0.1) is 6.58 Å². The summed E-state index contributed by atoms with van der Waals surface area (Å²) < 4.78 is 0. The van der Waals surface area contributed by atoms with Crippen molar-refractivity contribution < 1.29 is 0 Å². The number of hydrogen-bond donors (Lipinski definition) is 1. The fourth-order valence-corrected chi connectivity index (χ4v) is 1.87. The van der Waals surface area contributed by atoms with E-state index >= 15 is 0 Å². The summed E-state index contributed by atoms with van der Waals surface area (Å²) in [5.41, 5.74) is 7.45. The maximum Gasteiger partial charge on any atom is 0.0501 e. The minimum absolute atomic E-state index is 0.730. The van der Waals surface area contributed by atoms with Crippen LogP contribution in [0.3, 0.4) is 0 Å². The molecule has 0 aromatic carbocycles. The molecule has 0 spiro atoms. The third-order valence-electron chi connectivity index (χ3n) is 2.93. The van der Waals surface area contributed by atoms with E-state index in [1.807, 2.05) is 18.2 Å². The molecule has 1 aromatic rings. The van der Waals surface area contributed by atoms with E-state index in [9.17, 15) is 0 Å². The van der Waals surface area contributed by atoms with Gasteiger partial charge in [0.1, 0.15) is 0 Å². The van der Waals surface area contributed by atoms with E-state index in [0.717, 1.165) is 36.9 Å². The molecule has 86 valence electrons. The first kappa shape index (κ1) is 11.1. The molecule has 0 radical (unpaired) electrons. The lowest BCUT2D eigenvalue weighted by Gasteiger charge is -2.19. The van der Waals surface area contributed by atoms with Crippen molar-refractivity contribution in [2.75, 3.05) is 18.8 Å². The average molecular weight is 217 g/mol. The van der Waals surface area contributed by atoms with Crippen LogP contribution < -0.4 is 5.73 Å². The van der Waals surface area contributed by atoms with Crippen molar-refractivity contribution in [1.82, 2.24) is 9.88 Å². The summed E-state index contributed by atoms with van der Waals surface area (Å²) in [6.45, 7) is 5.85. The quantitative estimate of drug-likeness (QED) is 0.739. The van der Waals surface area contributed by atoms with Crippen molar-refractivity contribution in [3.8, 4) is 0 Å². The van der Waals surface area contributed by atoms with Gasteiger partial charge in [-0.3, -0.25) is 9.88 Å². The molecule has 1 heterocycles. The van der Waals surface area contributed by atoms with E-state index in [4.69, 9.17) is 5.73 Å². The summed E-state index contributed by atoms with van der Waals surface area (Å²) in [6.07, 6.45) is 7.37. The second-order valence-corrected chi connectivity index (χ2v) is 4.35. The Balaban J connectivity index is 1.84. The molecule has 3 heteroatoms. The molecule has 1 saturated carbocycles. The third-order valence-corrected chi connectivity index (χ3v) is 2.93. The molecular weight excluding hydrogens is 198 g/mol. The summed E-state index contributed by atoms with van der Waals surface area (Å²) >= 11 is 0. The fourth-order valence-electron chi connectivity index (χ4n) is 1.87. The number of anilines is 1. The zero-order valence-corrected chi connectivity index (χ0v) is 9.60. The molecule has 0 amide bonds. The standard InChI is InChI=1S/C13H19N3/c1-2-8-16(13-5-6-13)9-7-12-4-3-11(14)10-15-12/h2-4,10,13H,1,5-9,14H2. The highest BCUT2D eigenvalue weighted by Crippen LogP contribution is 2.26. The van der Waals surface area contributed by atoms with Crippen LogP contribution in [0.5, 0.6) is 0 Å². The lowest BCUT2D eigenvalue weighted by atomic mass is 10.2. The van der Waals surface area contributed by atoms with E-state index in [1.165, 1.54) is 12.8 Å². The topological polar surface area (TPSA) is 42.1 Å². The van der Waals surface area contributed by atoms with E-state index in [1.54, 1.807) is 6.20 Å². The van der Waals surface area contributed by atoms with Gasteiger partial charge >= 0.3 is 0 Å². The summed E-state index contributed by atoms with van der Waals surface area (Å²) in [7, 11) is 0. The second kappa shape index (κ2) is 5.12. The smallest absolute Gasteiger partial charge is 0.0501 e. The number of nitrogens with zero attached hydrogens (tertiary/aromatic N) is 2. The van der Waals surface area contributed by atoms with Crippen molar-refractivity contribution >= 4 is 5.69 Å². The van der Waals surface area contributed by atoms with Crippen LogP contribution in [0.1, 0.15) is 18.5 Å². The first-order valence-corrected chi connectivity index (χ1v) is 5.85. The van der Waals surface area contributed by atoms with Crippen LogP contribution in [0.4, 0.5) is 5.69 Å². The summed E-state index contributed by atoms with van der Waals surface area (Å²) in [6, 6.07) is 4.71. The number of aromatic nitrogens is 1. The summed E-state index contributed by atoms with van der Waals surface area (Å²) in [5, 5.41) is 0. The van der Waals surface area contributed by atoms with Gasteiger partial charge in [-0.25, -0.2) is 0 Å². The van der Waals surface area contributed by atoms with Gasteiger partial charge in [-0.2, -0.15) is 0 Å². The number of pyridine rings is 1. The molecule has 1 aliphatic rings. The summed E-state index contributed by atoms with van der Waals surface area (Å²) in [5.74, 6) is 0. The van der Waals surface area contributed by atoms with Crippen molar-refractivity contribution in [1.29, 1.82) is 0 Å². The highest BCUT2D eigenvalue weighted by atomic mass is 15.2. The molecule has 1 fully saturated rings. The van der Waals surface area contributed by atoms with Crippen molar-refractivity contribution in [2.24, 2.45) is 0 Å². The zero-order chi connectivity index (χ0) is 11.4. The van der Waals surface area contributed by atoms with Gasteiger partial charge in [-0.1, -0.05) is 6.08 Å². The highest BCUT2D eigenvalue weighted by molar-refractivity contribution is 5.34. The van der Waals surface area contributed by atoms with Crippen LogP contribution in [-0.4, -0.2) is 29.0 Å². The Morgan fingerprint density at radius 1 is 1.50 bits per heavy atom. The van der Waals surface area contributed by atoms with Crippen LogP contribution in [-0.2, 0) is 6.42 Å². The van der Waals surface area contributed by atoms with Crippen molar-refractivity contribution in [3.63, 3.8) is 0 Å². The lowest BCUT2D eigenvalue weighted by Crippen LogP contribution is -2.28. The molecule has 3 nitrogen and oxygen atoms in total. The molecule has 0 bridgehead atoms. The second-order valence-electron chi connectivity index (χ2n) is 4.35. The first-order chi connectivity index (χ1) is 7.79. The highest BCUT2D eigenvalue weighted by Gasteiger charge is 2.27. The van der Waals surface area contributed by atoms with Gasteiger partial charge in [0.2, 0.25) is 0 Å². The van der Waals surface area contributed by atoms with Gasteiger partial charge in [0.25, 0.3) is 0 Å². The number of rotatable bonds is 6. The van der Waals surface area contributed by atoms with E-state index in [2.05, 4.69) is 16.5 Å². The Hall–Kier alpha value is -1.35. The first-order valence-electron chi connectivity index (χ1n) is 5.85. The van der Waals surface area contributed by atoms with Crippen LogP contribution in [0.25, 0.3) is 0 Å². The fraction of sp³-hybridized carbons (Fsp3) is 0.462. The van der Waals surface area contributed by atoms with Crippen molar-refractivity contribution in [2.45, 2.75) is 25.3 Å². The Labute approximate surface area is 97.0 Å². The molecule has 1 aromatic heterocycles. The van der Waals surface area contributed by atoms with E-state index in [-0.39, 0.29) is 0 Å². The number of hydrogen-bond acceptors (Lipinski definition) is 3. The van der Waals surface area contributed by atoms with E-state index in [0.29, 0.717) is 0 Å². The Morgan fingerprint density at radius 3 is 2.88 bits per heavy atom. The summed E-state index contributed by atoms with van der Waals surface area (Å²) in [4.78, 5) is 6.79.